The van der Waals surface area contributed by atoms with Gasteiger partial charge in [0.1, 0.15) is 5.82 Å². The molecule has 0 radical (unpaired) electrons. The topological polar surface area (TPSA) is 94.0 Å². The molecular formula is C29H24ClFN4O2S. The molecule has 192 valence electrons. The van der Waals surface area contributed by atoms with Crippen molar-refractivity contribution < 1.29 is 14.0 Å². The van der Waals surface area contributed by atoms with Crippen LogP contribution in [-0.2, 0) is 9.59 Å². The zero-order valence-corrected chi connectivity index (χ0v) is 22.2. The van der Waals surface area contributed by atoms with Crippen molar-refractivity contribution in [2.75, 3.05) is 16.4 Å². The predicted molar refractivity (Wildman–Crippen MR) is 150 cm³/mol. The third kappa shape index (κ3) is 5.91. The molecule has 38 heavy (non-hydrogen) atoms. The van der Waals surface area contributed by atoms with Crippen LogP contribution in [0, 0.1) is 24.1 Å². The molecule has 0 saturated heterocycles. The monoisotopic (exact) mass is 546 g/mol. The number of allylic oxidation sites excluding steroid dienone is 2. The lowest BCUT2D eigenvalue weighted by Gasteiger charge is -2.30. The summed E-state index contributed by atoms with van der Waals surface area (Å²) in [4.78, 5) is 26.2. The molecule has 0 bridgehead atoms. The average Bonchev–Trinajstić information content (AvgIpc) is 2.90. The van der Waals surface area contributed by atoms with Crippen molar-refractivity contribution >= 4 is 46.6 Å². The predicted octanol–water partition coefficient (Wildman–Crippen LogP) is 6.49. The molecule has 1 heterocycles. The molecule has 0 saturated carbocycles. The van der Waals surface area contributed by atoms with Gasteiger partial charge in [0, 0.05) is 33.2 Å². The Kier molecular flexibility index (Phi) is 8.52. The van der Waals surface area contributed by atoms with E-state index in [-0.39, 0.29) is 28.4 Å². The van der Waals surface area contributed by atoms with Crippen LogP contribution in [0.15, 0.2) is 94.7 Å². The van der Waals surface area contributed by atoms with E-state index in [0.717, 1.165) is 17.3 Å². The Bertz CT molecular complexity index is 1500. The molecule has 6 nitrogen and oxygen atoms in total. The number of benzene rings is 3. The number of carbonyl (C=O) groups excluding carboxylic acids is 2. The lowest BCUT2D eigenvalue weighted by atomic mass is 9.82. The average molecular weight is 547 g/mol. The zero-order valence-electron chi connectivity index (χ0n) is 20.6. The molecule has 3 aromatic rings. The van der Waals surface area contributed by atoms with Gasteiger partial charge < -0.3 is 16.0 Å². The smallest absolute Gasteiger partial charge is 0.254 e. The first-order valence-electron chi connectivity index (χ1n) is 11.7. The second-order valence-electron chi connectivity index (χ2n) is 8.54. The number of carbonyl (C=O) groups is 2. The fourth-order valence-electron chi connectivity index (χ4n) is 4.13. The highest BCUT2D eigenvalue weighted by atomic mass is 35.5. The number of nitrogens with one attached hydrogen (secondary N) is 3. The SMILES string of the molecule is CC1=C(C(=O)Nc2ccccc2)C(c2ccccc2F)C(C#N)=C(SCC(=O)Nc2cccc(Cl)c2C)N1. The Balaban J connectivity index is 1.64. The summed E-state index contributed by atoms with van der Waals surface area (Å²) in [5.41, 5.74) is 2.93. The molecule has 1 unspecified atom stereocenters. The van der Waals surface area contributed by atoms with Crippen LogP contribution in [0.2, 0.25) is 5.02 Å². The van der Waals surface area contributed by atoms with Gasteiger partial charge in [0.15, 0.2) is 0 Å². The summed E-state index contributed by atoms with van der Waals surface area (Å²) in [5, 5.41) is 19.9. The lowest BCUT2D eigenvalue weighted by molar-refractivity contribution is -0.114. The van der Waals surface area contributed by atoms with Gasteiger partial charge in [-0.2, -0.15) is 5.26 Å². The van der Waals surface area contributed by atoms with Crippen LogP contribution in [0.3, 0.4) is 0 Å². The van der Waals surface area contributed by atoms with Crippen LogP contribution >= 0.6 is 23.4 Å². The second-order valence-corrected chi connectivity index (χ2v) is 9.93. The summed E-state index contributed by atoms with van der Waals surface area (Å²) in [6.07, 6.45) is 0. The van der Waals surface area contributed by atoms with E-state index in [9.17, 15) is 14.9 Å². The maximum atomic E-state index is 15.0. The summed E-state index contributed by atoms with van der Waals surface area (Å²) in [5.74, 6) is -2.29. The number of rotatable bonds is 7. The number of amides is 2. The van der Waals surface area contributed by atoms with Crippen molar-refractivity contribution in [3.8, 4) is 6.07 Å². The van der Waals surface area contributed by atoms with E-state index in [1.165, 1.54) is 6.07 Å². The first kappa shape index (κ1) is 27.0. The summed E-state index contributed by atoms with van der Waals surface area (Å²) in [7, 11) is 0. The van der Waals surface area contributed by atoms with Gasteiger partial charge in [-0.1, -0.05) is 65.8 Å². The quantitative estimate of drug-likeness (QED) is 0.315. The highest BCUT2D eigenvalue weighted by Gasteiger charge is 2.36. The molecule has 1 atom stereocenters. The number of anilines is 2. The zero-order chi connectivity index (χ0) is 27.2. The van der Waals surface area contributed by atoms with Crippen molar-refractivity contribution in [3.63, 3.8) is 0 Å². The van der Waals surface area contributed by atoms with Gasteiger partial charge in [-0.3, -0.25) is 9.59 Å². The molecule has 3 N–H and O–H groups in total. The summed E-state index contributed by atoms with van der Waals surface area (Å²) < 4.78 is 15.0. The van der Waals surface area contributed by atoms with Gasteiger partial charge in [0.25, 0.3) is 5.91 Å². The molecular weight excluding hydrogens is 523 g/mol. The number of nitriles is 1. The van der Waals surface area contributed by atoms with E-state index in [1.54, 1.807) is 74.5 Å². The number of hydrogen-bond donors (Lipinski definition) is 3. The largest absolute Gasteiger partial charge is 0.353 e. The lowest BCUT2D eigenvalue weighted by Crippen LogP contribution is -2.31. The fraction of sp³-hybridized carbons (Fsp3) is 0.138. The number of thioether (sulfide) groups is 1. The minimum Gasteiger partial charge on any atom is -0.353 e. The van der Waals surface area contributed by atoms with Crippen LogP contribution < -0.4 is 16.0 Å². The van der Waals surface area contributed by atoms with E-state index in [4.69, 9.17) is 11.6 Å². The van der Waals surface area contributed by atoms with E-state index >= 15 is 4.39 Å². The second kappa shape index (κ2) is 12.0. The first-order valence-corrected chi connectivity index (χ1v) is 13.1. The van der Waals surface area contributed by atoms with Crippen molar-refractivity contribution in [2.45, 2.75) is 19.8 Å². The van der Waals surface area contributed by atoms with Crippen LogP contribution in [-0.4, -0.2) is 17.6 Å². The molecule has 0 aromatic heterocycles. The number of nitrogens with zero attached hydrogens (tertiary/aromatic N) is 1. The van der Waals surface area contributed by atoms with Crippen LogP contribution in [0.1, 0.15) is 24.0 Å². The molecule has 2 amide bonds. The summed E-state index contributed by atoms with van der Waals surface area (Å²) >= 11 is 7.25. The van der Waals surface area contributed by atoms with E-state index in [2.05, 4.69) is 22.0 Å². The van der Waals surface area contributed by atoms with Crippen molar-refractivity contribution in [2.24, 2.45) is 0 Å². The Morgan fingerprint density at radius 2 is 1.74 bits per heavy atom. The van der Waals surface area contributed by atoms with Gasteiger partial charge in [0.05, 0.1) is 28.3 Å². The molecule has 1 aliphatic heterocycles. The Morgan fingerprint density at radius 1 is 1.03 bits per heavy atom. The van der Waals surface area contributed by atoms with Gasteiger partial charge in [0.2, 0.25) is 5.91 Å². The molecule has 0 spiro atoms. The van der Waals surface area contributed by atoms with Gasteiger partial charge >= 0.3 is 0 Å². The normalized spacial score (nSPS) is 15.0. The highest BCUT2D eigenvalue weighted by molar-refractivity contribution is 8.03. The number of halogens is 2. The number of dihydropyridines is 1. The third-order valence-electron chi connectivity index (χ3n) is 6.03. The molecule has 9 heteroatoms. The van der Waals surface area contributed by atoms with Gasteiger partial charge in [-0.25, -0.2) is 4.39 Å². The summed E-state index contributed by atoms with van der Waals surface area (Å²) in [6, 6.07) is 22.3. The minimum atomic E-state index is -0.966. The maximum absolute atomic E-state index is 15.0. The molecule has 0 aliphatic carbocycles. The van der Waals surface area contributed by atoms with Crippen LogP contribution in [0.25, 0.3) is 0 Å². The van der Waals surface area contributed by atoms with Gasteiger partial charge in [-0.05, 0) is 49.7 Å². The fourth-order valence-corrected chi connectivity index (χ4v) is 5.20. The standard InChI is InChI=1S/C29H24ClFN4O2S/c1-17-22(30)12-8-14-24(17)35-25(36)16-38-29-21(15-32)27(20-11-6-7-13-23(20)31)26(18(2)33-29)28(37)34-19-9-4-3-5-10-19/h3-14,27,33H,16H2,1-2H3,(H,34,37)(H,35,36). The van der Waals surface area contributed by atoms with E-state index in [1.807, 2.05) is 6.07 Å². The molecule has 0 fully saturated rings. The minimum absolute atomic E-state index is 0.0255. The Morgan fingerprint density at radius 3 is 2.45 bits per heavy atom. The molecule has 3 aromatic carbocycles. The molecule has 1 aliphatic rings. The van der Waals surface area contributed by atoms with Crippen molar-refractivity contribution in [1.29, 1.82) is 5.26 Å². The van der Waals surface area contributed by atoms with Crippen LogP contribution in [0.5, 0.6) is 0 Å². The first-order chi connectivity index (χ1) is 18.3. The third-order valence-corrected chi connectivity index (χ3v) is 7.46. The van der Waals surface area contributed by atoms with E-state index in [0.29, 0.717) is 27.1 Å². The molecule has 4 rings (SSSR count). The van der Waals surface area contributed by atoms with Crippen LogP contribution in [0.4, 0.5) is 15.8 Å². The van der Waals surface area contributed by atoms with E-state index < -0.39 is 17.6 Å². The van der Waals surface area contributed by atoms with Crippen molar-refractivity contribution in [3.05, 3.63) is 117 Å². The summed E-state index contributed by atoms with van der Waals surface area (Å²) in [6.45, 7) is 3.50. The Hall–Kier alpha value is -4.06. The maximum Gasteiger partial charge on any atom is 0.254 e. The Labute approximate surface area is 229 Å². The number of hydrogen-bond acceptors (Lipinski definition) is 5. The highest BCUT2D eigenvalue weighted by Crippen LogP contribution is 2.41. The van der Waals surface area contributed by atoms with Crippen molar-refractivity contribution in [1.82, 2.24) is 5.32 Å². The van der Waals surface area contributed by atoms with Gasteiger partial charge in [-0.15, -0.1) is 0 Å². The number of para-hydroxylation sites is 1.